The molecule has 0 aliphatic heterocycles. The zero-order valence-corrected chi connectivity index (χ0v) is 15.4. The molecule has 2 aromatic heterocycles. The van der Waals surface area contributed by atoms with Crippen molar-refractivity contribution in [3.05, 3.63) is 59.9 Å². The summed E-state index contributed by atoms with van der Waals surface area (Å²) in [7, 11) is 2.85. The first-order valence-corrected chi connectivity index (χ1v) is 8.91. The second-order valence-electron chi connectivity index (χ2n) is 5.74. The molecule has 0 bridgehead atoms. The van der Waals surface area contributed by atoms with E-state index >= 15 is 0 Å². The number of hydrogen-bond acceptors (Lipinski definition) is 6. The molecule has 27 heavy (non-hydrogen) atoms. The fourth-order valence-corrected chi connectivity index (χ4v) is 4.00. The fraction of sp³-hybridized carbons (Fsp3) is 0.100. The predicted octanol–water partition coefficient (Wildman–Crippen LogP) is 4.70. The summed E-state index contributed by atoms with van der Waals surface area (Å²) in [6.45, 7) is 0. The number of thiophene rings is 1. The van der Waals surface area contributed by atoms with Crippen LogP contribution in [0.2, 0.25) is 0 Å². The van der Waals surface area contributed by atoms with Crippen molar-refractivity contribution in [2.24, 2.45) is 0 Å². The molecule has 0 saturated carbocycles. The number of ether oxygens (including phenoxy) is 2. The van der Waals surface area contributed by atoms with Crippen LogP contribution in [0.25, 0.3) is 21.1 Å². The standard InChI is InChI=1S/C20H15NO5S/c1-24-13-8-5-6-11-10-14(26-17(11)13)18(22)21-19-16(20(23)25-2)12-7-3-4-9-15(12)27-19/h3-10H,1-2H3,(H,21,22). The molecule has 0 radical (unpaired) electrons. The molecule has 0 spiro atoms. The van der Waals surface area contributed by atoms with E-state index in [1.54, 1.807) is 12.1 Å². The molecule has 4 aromatic rings. The lowest BCUT2D eigenvalue weighted by molar-refractivity contribution is 0.0604. The van der Waals surface area contributed by atoms with Gasteiger partial charge in [0.15, 0.2) is 17.1 Å². The predicted molar refractivity (Wildman–Crippen MR) is 104 cm³/mol. The molecule has 0 aliphatic rings. The first-order valence-electron chi connectivity index (χ1n) is 8.10. The minimum absolute atomic E-state index is 0.128. The van der Waals surface area contributed by atoms with E-state index in [2.05, 4.69) is 5.32 Å². The first-order chi connectivity index (χ1) is 13.1. The van der Waals surface area contributed by atoms with Crippen molar-refractivity contribution in [3.8, 4) is 5.75 Å². The summed E-state index contributed by atoms with van der Waals surface area (Å²) < 4.78 is 16.7. The number of carbonyl (C=O) groups is 2. The van der Waals surface area contributed by atoms with Gasteiger partial charge in [0, 0.05) is 15.5 Å². The van der Waals surface area contributed by atoms with E-state index in [0.29, 0.717) is 21.9 Å². The monoisotopic (exact) mass is 381 g/mol. The molecule has 2 heterocycles. The van der Waals surface area contributed by atoms with E-state index < -0.39 is 11.9 Å². The number of esters is 1. The van der Waals surface area contributed by atoms with Crippen LogP contribution in [-0.4, -0.2) is 26.1 Å². The average Bonchev–Trinajstić information content (AvgIpc) is 3.28. The van der Waals surface area contributed by atoms with Gasteiger partial charge in [-0.1, -0.05) is 30.3 Å². The molecule has 0 atom stereocenters. The molecule has 4 rings (SSSR count). The van der Waals surface area contributed by atoms with Crippen molar-refractivity contribution >= 4 is 49.3 Å². The van der Waals surface area contributed by atoms with Gasteiger partial charge in [-0.25, -0.2) is 4.79 Å². The van der Waals surface area contributed by atoms with E-state index in [1.807, 2.05) is 36.4 Å². The summed E-state index contributed by atoms with van der Waals surface area (Å²) in [4.78, 5) is 25.0. The number of amides is 1. The Labute approximate surface area is 158 Å². The highest BCUT2D eigenvalue weighted by atomic mass is 32.1. The zero-order chi connectivity index (χ0) is 19.0. The Hall–Kier alpha value is -3.32. The second-order valence-corrected chi connectivity index (χ2v) is 6.79. The molecular formula is C20H15NO5S. The number of furan rings is 1. The molecule has 6 nitrogen and oxygen atoms in total. The third-order valence-electron chi connectivity index (χ3n) is 4.16. The van der Waals surface area contributed by atoms with Crippen molar-refractivity contribution in [2.75, 3.05) is 19.5 Å². The maximum absolute atomic E-state index is 12.7. The van der Waals surface area contributed by atoms with Gasteiger partial charge < -0.3 is 19.2 Å². The van der Waals surface area contributed by atoms with Crippen LogP contribution in [0, 0.1) is 0 Å². The minimum Gasteiger partial charge on any atom is -0.493 e. The lowest BCUT2D eigenvalue weighted by Gasteiger charge is -2.04. The van der Waals surface area contributed by atoms with Gasteiger partial charge in [0.2, 0.25) is 0 Å². The fourth-order valence-electron chi connectivity index (χ4n) is 2.91. The Kier molecular flexibility index (Phi) is 4.29. The number of hydrogen-bond donors (Lipinski definition) is 1. The van der Waals surface area contributed by atoms with Crippen molar-refractivity contribution in [2.45, 2.75) is 0 Å². The molecular weight excluding hydrogens is 366 g/mol. The molecule has 7 heteroatoms. The van der Waals surface area contributed by atoms with Gasteiger partial charge in [-0.3, -0.25) is 4.79 Å². The van der Waals surface area contributed by atoms with Gasteiger partial charge in [-0.2, -0.15) is 0 Å². The summed E-state index contributed by atoms with van der Waals surface area (Å²) in [5, 5.41) is 4.68. The molecule has 136 valence electrons. The van der Waals surface area contributed by atoms with Gasteiger partial charge in [0.05, 0.1) is 14.2 Å². The summed E-state index contributed by atoms with van der Waals surface area (Å²) >= 11 is 1.31. The Morgan fingerprint density at radius 1 is 1.07 bits per heavy atom. The van der Waals surface area contributed by atoms with Gasteiger partial charge in [-0.15, -0.1) is 11.3 Å². The summed E-state index contributed by atoms with van der Waals surface area (Å²) in [5.41, 5.74) is 0.829. The lowest BCUT2D eigenvalue weighted by Crippen LogP contribution is -2.13. The number of fused-ring (bicyclic) bond motifs is 2. The van der Waals surface area contributed by atoms with Crippen molar-refractivity contribution < 1.29 is 23.5 Å². The molecule has 0 aliphatic carbocycles. The number of anilines is 1. The Morgan fingerprint density at radius 2 is 1.89 bits per heavy atom. The number of methoxy groups -OCH3 is 2. The molecule has 0 unspecified atom stereocenters. The van der Waals surface area contributed by atoms with Crippen LogP contribution < -0.4 is 10.1 Å². The van der Waals surface area contributed by atoms with Crippen LogP contribution in [0.4, 0.5) is 5.00 Å². The Balaban J connectivity index is 1.74. The largest absolute Gasteiger partial charge is 0.493 e. The Morgan fingerprint density at radius 3 is 2.67 bits per heavy atom. The van der Waals surface area contributed by atoms with Gasteiger partial charge in [-0.05, 0) is 18.2 Å². The number of nitrogens with one attached hydrogen (secondary N) is 1. The third-order valence-corrected chi connectivity index (χ3v) is 5.25. The normalized spacial score (nSPS) is 10.9. The maximum Gasteiger partial charge on any atom is 0.341 e. The third kappa shape index (κ3) is 2.92. The topological polar surface area (TPSA) is 77.8 Å². The van der Waals surface area contributed by atoms with E-state index in [4.69, 9.17) is 13.9 Å². The smallest absolute Gasteiger partial charge is 0.341 e. The van der Waals surface area contributed by atoms with Crippen LogP contribution in [0.3, 0.4) is 0 Å². The SMILES string of the molecule is COC(=O)c1c(NC(=O)c2cc3cccc(OC)c3o2)sc2ccccc12. The quantitative estimate of drug-likeness (QED) is 0.519. The summed E-state index contributed by atoms with van der Waals surface area (Å²) in [5.74, 6) is -0.287. The highest BCUT2D eigenvalue weighted by molar-refractivity contribution is 7.23. The lowest BCUT2D eigenvalue weighted by atomic mass is 10.1. The Bertz CT molecular complexity index is 1170. The number of carbonyl (C=O) groups excluding carboxylic acids is 2. The molecule has 2 aromatic carbocycles. The minimum atomic E-state index is -0.506. The maximum atomic E-state index is 12.7. The number of benzene rings is 2. The van der Waals surface area contributed by atoms with Crippen LogP contribution in [0.5, 0.6) is 5.75 Å². The van der Waals surface area contributed by atoms with Gasteiger partial charge in [0.25, 0.3) is 5.91 Å². The molecule has 0 fully saturated rings. The van der Waals surface area contributed by atoms with Crippen LogP contribution in [-0.2, 0) is 4.74 Å². The number of rotatable bonds is 4. The molecule has 0 saturated heterocycles. The number of para-hydroxylation sites is 1. The van der Waals surface area contributed by atoms with Crippen LogP contribution in [0.1, 0.15) is 20.9 Å². The zero-order valence-electron chi connectivity index (χ0n) is 14.6. The average molecular weight is 381 g/mol. The van der Waals surface area contributed by atoms with Gasteiger partial charge >= 0.3 is 5.97 Å². The van der Waals surface area contributed by atoms with E-state index in [0.717, 1.165) is 15.5 Å². The summed E-state index contributed by atoms with van der Waals surface area (Å²) in [6.07, 6.45) is 0. The van der Waals surface area contributed by atoms with Gasteiger partial charge in [0.1, 0.15) is 10.6 Å². The summed E-state index contributed by atoms with van der Waals surface area (Å²) in [6, 6.07) is 14.5. The highest BCUT2D eigenvalue weighted by Gasteiger charge is 2.23. The van der Waals surface area contributed by atoms with Crippen molar-refractivity contribution in [1.82, 2.24) is 0 Å². The molecule has 1 amide bonds. The second kappa shape index (κ2) is 6.77. The van der Waals surface area contributed by atoms with Crippen molar-refractivity contribution in [1.29, 1.82) is 0 Å². The van der Waals surface area contributed by atoms with E-state index in [1.165, 1.54) is 25.6 Å². The van der Waals surface area contributed by atoms with Crippen LogP contribution >= 0.6 is 11.3 Å². The first kappa shape index (κ1) is 17.1. The van der Waals surface area contributed by atoms with Crippen molar-refractivity contribution in [3.63, 3.8) is 0 Å². The van der Waals surface area contributed by atoms with Crippen LogP contribution in [0.15, 0.2) is 52.9 Å². The molecule has 1 N–H and O–H groups in total. The van der Waals surface area contributed by atoms with E-state index in [9.17, 15) is 9.59 Å². The van der Waals surface area contributed by atoms with E-state index in [-0.39, 0.29) is 5.76 Å². The highest BCUT2D eigenvalue weighted by Crippen LogP contribution is 2.37.